The molecule has 2 aromatic rings. The number of aryl methyl sites for hydroxylation is 4. The molecular formula is C18H22NO2P. The number of para-hydroxylation sites is 1. The number of benzene rings is 2. The quantitative estimate of drug-likeness (QED) is 0.734. The number of fused-ring (bicyclic) bond motifs is 1. The van der Waals surface area contributed by atoms with Crippen LogP contribution in [0.2, 0.25) is 0 Å². The highest BCUT2D eigenvalue weighted by Crippen LogP contribution is 2.54. The van der Waals surface area contributed by atoms with Crippen LogP contribution in [0.25, 0.3) is 0 Å². The minimum atomic E-state index is -2.71. The topological polar surface area (TPSA) is 29.5 Å². The molecule has 0 amide bonds. The van der Waals surface area contributed by atoms with E-state index in [-0.39, 0.29) is 0 Å². The molecule has 0 spiro atoms. The van der Waals surface area contributed by atoms with Crippen LogP contribution in [-0.4, -0.2) is 13.4 Å². The van der Waals surface area contributed by atoms with Gasteiger partial charge in [-0.2, -0.15) is 0 Å². The fourth-order valence-corrected chi connectivity index (χ4v) is 5.56. The van der Waals surface area contributed by atoms with E-state index in [1.807, 2.05) is 37.3 Å². The Morgan fingerprint density at radius 1 is 1.05 bits per heavy atom. The summed E-state index contributed by atoms with van der Waals surface area (Å²) in [5, 5.41) is 0.832. The van der Waals surface area contributed by atoms with E-state index >= 15 is 0 Å². The Morgan fingerprint density at radius 3 is 2.32 bits per heavy atom. The zero-order valence-electron chi connectivity index (χ0n) is 13.8. The van der Waals surface area contributed by atoms with Crippen LogP contribution in [0.5, 0.6) is 5.75 Å². The normalized spacial score (nSPS) is 20.5. The number of ether oxygens (including phenoxy) is 1. The first-order valence-electron chi connectivity index (χ1n) is 7.48. The molecule has 0 saturated heterocycles. The summed E-state index contributed by atoms with van der Waals surface area (Å²) in [5.41, 5.74) is 5.44. The van der Waals surface area contributed by atoms with Gasteiger partial charge in [-0.15, -0.1) is 0 Å². The first-order valence-corrected chi connectivity index (χ1v) is 9.59. The zero-order chi connectivity index (χ0) is 16.1. The van der Waals surface area contributed by atoms with Crippen molar-refractivity contribution in [1.82, 2.24) is 0 Å². The fraction of sp³-hybridized carbons (Fsp3) is 0.333. The van der Waals surface area contributed by atoms with Crippen LogP contribution in [0.1, 0.15) is 22.3 Å². The van der Waals surface area contributed by atoms with Crippen molar-refractivity contribution >= 4 is 18.3 Å². The van der Waals surface area contributed by atoms with Gasteiger partial charge in [-0.05, 0) is 56.0 Å². The molecule has 1 heterocycles. The first kappa shape index (κ1) is 15.2. The molecule has 116 valence electrons. The summed E-state index contributed by atoms with van der Waals surface area (Å²) >= 11 is 0. The summed E-state index contributed by atoms with van der Waals surface area (Å²) in [6.45, 7) is 10.3. The number of rotatable bonds is 1. The smallest absolute Gasteiger partial charge is 0.204 e. The maximum absolute atomic E-state index is 13.6. The summed E-state index contributed by atoms with van der Waals surface area (Å²) in [5.74, 6) is 0.791. The first-order chi connectivity index (χ1) is 10.3. The third-order valence-corrected chi connectivity index (χ3v) is 6.80. The number of anilines is 1. The molecule has 0 aliphatic carbocycles. The van der Waals surface area contributed by atoms with E-state index in [9.17, 15) is 4.57 Å². The predicted molar refractivity (Wildman–Crippen MR) is 93.0 cm³/mol. The third-order valence-electron chi connectivity index (χ3n) is 4.34. The molecule has 1 unspecified atom stereocenters. The molecular weight excluding hydrogens is 293 g/mol. The largest absolute Gasteiger partial charge is 0.472 e. The van der Waals surface area contributed by atoms with Crippen LogP contribution in [0.4, 0.5) is 5.69 Å². The zero-order valence-corrected chi connectivity index (χ0v) is 14.7. The fourth-order valence-electron chi connectivity index (χ4n) is 3.26. The van der Waals surface area contributed by atoms with Crippen molar-refractivity contribution in [1.29, 1.82) is 0 Å². The second kappa shape index (κ2) is 5.17. The molecule has 0 N–H and O–H groups in total. The minimum Gasteiger partial charge on any atom is -0.472 e. The van der Waals surface area contributed by atoms with Crippen molar-refractivity contribution in [2.45, 2.75) is 27.7 Å². The average Bonchev–Trinajstić information content (AvgIpc) is 2.41. The van der Waals surface area contributed by atoms with Crippen LogP contribution in [0.15, 0.2) is 30.3 Å². The molecule has 0 saturated carbocycles. The molecule has 0 fully saturated rings. The molecule has 1 aliphatic rings. The summed E-state index contributed by atoms with van der Waals surface area (Å²) in [6, 6.07) is 10.2. The molecule has 3 rings (SSSR count). The van der Waals surface area contributed by atoms with Crippen molar-refractivity contribution in [3.8, 4) is 5.75 Å². The monoisotopic (exact) mass is 315 g/mol. The number of nitrogens with zero attached hydrogens (tertiary/aromatic N) is 1. The van der Waals surface area contributed by atoms with Crippen molar-refractivity contribution < 1.29 is 9.30 Å². The standard InChI is InChI=1S/C18H22NO2P/c1-12-9-15(4)18-16(10-12)22(5,20)19(11-21-18)17-13(2)7-6-8-14(17)3/h6-10H,11H2,1-5H3. The Bertz CT molecular complexity index is 778. The molecule has 0 aromatic heterocycles. The highest BCUT2D eigenvalue weighted by molar-refractivity contribution is 7.72. The van der Waals surface area contributed by atoms with Crippen LogP contribution in [-0.2, 0) is 4.57 Å². The molecule has 4 heteroatoms. The van der Waals surface area contributed by atoms with Crippen LogP contribution in [0, 0.1) is 27.7 Å². The highest BCUT2D eigenvalue weighted by Gasteiger charge is 2.37. The summed E-state index contributed by atoms with van der Waals surface area (Å²) in [6.07, 6.45) is 0. The van der Waals surface area contributed by atoms with Gasteiger partial charge >= 0.3 is 0 Å². The summed E-state index contributed by atoms with van der Waals surface area (Å²) in [4.78, 5) is 0. The lowest BCUT2D eigenvalue weighted by atomic mass is 10.1. The van der Waals surface area contributed by atoms with Gasteiger partial charge < -0.3 is 4.74 Å². The molecule has 1 aliphatic heterocycles. The van der Waals surface area contributed by atoms with Gasteiger partial charge in [0.25, 0.3) is 0 Å². The van der Waals surface area contributed by atoms with Crippen LogP contribution >= 0.6 is 7.29 Å². The van der Waals surface area contributed by atoms with Gasteiger partial charge in [0.05, 0.1) is 11.0 Å². The lowest BCUT2D eigenvalue weighted by Crippen LogP contribution is -2.36. The van der Waals surface area contributed by atoms with E-state index in [1.54, 1.807) is 0 Å². The van der Waals surface area contributed by atoms with Gasteiger partial charge in [0.1, 0.15) is 5.75 Å². The Kier molecular flexibility index (Phi) is 3.57. The third kappa shape index (κ3) is 2.24. The Hall–Kier alpha value is -1.73. The second-order valence-electron chi connectivity index (χ2n) is 6.22. The minimum absolute atomic E-state index is 0.330. The van der Waals surface area contributed by atoms with Crippen LogP contribution < -0.4 is 14.7 Å². The summed E-state index contributed by atoms with van der Waals surface area (Å²) < 4.78 is 21.6. The van der Waals surface area contributed by atoms with Gasteiger partial charge in [0.2, 0.25) is 7.29 Å². The van der Waals surface area contributed by atoms with Crippen molar-refractivity contribution in [2.24, 2.45) is 0 Å². The van der Waals surface area contributed by atoms with E-state index in [4.69, 9.17) is 4.74 Å². The lowest BCUT2D eigenvalue weighted by molar-refractivity contribution is 0.325. The van der Waals surface area contributed by atoms with Crippen molar-refractivity contribution in [3.05, 3.63) is 52.6 Å². The molecule has 22 heavy (non-hydrogen) atoms. The van der Waals surface area contributed by atoms with Crippen LogP contribution in [0.3, 0.4) is 0 Å². The van der Waals surface area contributed by atoms with Gasteiger partial charge in [-0.1, -0.05) is 24.3 Å². The van der Waals surface area contributed by atoms with E-state index in [0.717, 1.165) is 39.0 Å². The maximum Gasteiger partial charge on any atom is 0.204 e. The average molecular weight is 315 g/mol. The maximum atomic E-state index is 13.6. The van der Waals surface area contributed by atoms with Gasteiger partial charge in [-0.3, -0.25) is 9.24 Å². The van der Waals surface area contributed by atoms with Gasteiger partial charge in [-0.25, -0.2) is 0 Å². The predicted octanol–water partition coefficient (Wildman–Crippen LogP) is 4.31. The molecule has 3 nitrogen and oxygen atoms in total. The highest BCUT2D eigenvalue weighted by atomic mass is 31.2. The lowest BCUT2D eigenvalue weighted by Gasteiger charge is -2.38. The van der Waals surface area contributed by atoms with Gasteiger partial charge in [0, 0.05) is 6.66 Å². The van der Waals surface area contributed by atoms with Crippen molar-refractivity contribution in [3.63, 3.8) is 0 Å². The Morgan fingerprint density at radius 2 is 1.68 bits per heavy atom. The second-order valence-corrected chi connectivity index (χ2v) is 8.95. The number of hydrogen-bond acceptors (Lipinski definition) is 2. The van der Waals surface area contributed by atoms with E-state index < -0.39 is 7.29 Å². The van der Waals surface area contributed by atoms with E-state index in [1.165, 1.54) is 0 Å². The van der Waals surface area contributed by atoms with Gasteiger partial charge in [0.15, 0.2) is 6.73 Å². The molecule has 0 bridgehead atoms. The molecule has 1 atom stereocenters. The van der Waals surface area contributed by atoms with E-state index in [2.05, 4.69) is 32.0 Å². The van der Waals surface area contributed by atoms with Crippen molar-refractivity contribution in [2.75, 3.05) is 18.1 Å². The number of hydrogen-bond donors (Lipinski definition) is 0. The van der Waals surface area contributed by atoms with E-state index in [0.29, 0.717) is 6.73 Å². The summed E-state index contributed by atoms with van der Waals surface area (Å²) in [7, 11) is -2.71. The Labute approximate surface area is 132 Å². The molecule has 2 aromatic carbocycles. The Balaban J connectivity index is 2.20. The molecule has 0 radical (unpaired) electrons. The SMILES string of the molecule is Cc1cc(C)c2c(c1)P(C)(=O)N(c1c(C)cccc1C)CO2.